The lowest BCUT2D eigenvalue weighted by atomic mass is 10.1. The van der Waals surface area contributed by atoms with Crippen molar-refractivity contribution >= 4 is 15.9 Å². The second-order valence-electron chi connectivity index (χ2n) is 5.74. The van der Waals surface area contributed by atoms with Crippen LogP contribution in [0.3, 0.4) is 0 Å². The third kappa shape index (κ3) is 6.41. The van der Waals surface area contributed by atoms with E-state index in [0.29, 0.717) is 6.61 Å². The fourth-order valence-corrected chi connectivity index (χ4v) is 2.01. The Morgan fingerprint density at radius 2 is 2.00 bits per heavy atom. The van der Waals surface area contributed by atoms with Crippen LogP contribution in [0.4, 0.5) is 0 Å². The SMILES string of the molecule is COCC(C)Oc1ccc(Br)c(CNC(C)(C)C)c1. The third-order valence-electron chi connectivity index (χ3n) is 2.56. The Morgan fingerprint density at radius 1 is 1.32 bits per heavy atom. The summed E-state index contributed by atoms with van der Waals surface area (Å²) < 4.78 is 12.0. The van der Waals surface area contributed by atoms with Crippen LogP contribution in [0.5, 0.6) is 5.75 Å². The van der Waals surface area contributed by atoms with Gasteiger partial charge < -0.3 is 14.8 Å². The summed E-state index contributed by atoms with van der Waals surface area (Å²) in [5.74, 6) is 0.874. The summed E-state index contributed by atoms with van der Waals surface area (Å²) in [5.41, 5.74) is 1.29. The molecule has 0 aliphatic heterocycles. The highest BCUT2D eigenvalue weighted by Gasteiger charge is 2.11. The molecule has 0 saturated carbocycles. The Balaban J connectivity index is 2.71. The van der Waals surface area contributed by atoms with Crippen LogP contribution < -0.4 is 10.1 Å². The van der Waals surface area contributed by atoms with Crippen molar-refractivity contribution in [2.24, 2.45) is 0 Å². The van der Waals surface area contributed by atoms with Gasteiger partial charge >= 0.3 is 0 Å². The Labute approximate surface area is 124 Å². The predicted molar refractivity (Wildman–Crippen MR) is 82.7 cm³/mol. The molecule has 0 saturated heterocycles. The molecule has 1 unspecified atom stereocenters. The van der Waals surface area contributed by atoms with Crippen LogP contribution in [0.1, 0.15) is 33.3 Å². The van der Waals surface area contributed by atoms with Crippen molar-refractivity contribution in [3.63, 3.8) is 0 Å². The van der Waals surface area contributed by atoms with Crippen molar-refractivity contribution in [1.29, 1.82) is 0 Å². The summed E-state index contributed by atoms with van der Waals surface area (Å²) in [6.07, 6.45) is 0.0506. The van der Waals surface area contributed by atoms with E-state index in [4.69, 9.17) is 9.47 Å². The maximum atomic E-state index is 5.81. The Hall–Kier alpha value is -0.580. The van der Waals surface area contributed by atoms with E-state index in [2.05, 4.69) is 48.1 Å². The Bertz CT molecular complexity index is 402. The minimum atomic E-state index is 0.0506. The zero-order valence-corrected chi connectivity index (χ0v) is 14.0. The fourth-order valence-electron chi connectivity index (χ4n) is 1.62. The maximum Gasteiger partial charge on any atom is 0.120 e. The number of nitrogens with one attached hydrogen (secondary N) is 1. The van der Waals surface area contributed by atoms with Gasteiger partial charge in [0.05, 0.1) is 6.61 Å². The average molecular weight is 330 g/mol. The van der Waals surface area contributed by atoms with Crippen molar-refractivity contribution < 1.29 is 9.47 Å². The molecule has 0 heterocycles. The van der Waals surface area contributed by atoms with Crippen LogP contribution in [0.2, 0.25) is 0 Å². The number of benzene rings is 1. The highest BCUT2D eigenvalue weighted by molar-refractivity contribution is 9.10. The lowest BCUT2D eigenvalue weighted by Gasteiger charge is -2.21. The molecule has 0 aliphatic carbocycles. The fraction of sp³-hybridized carbons (Fsp3) is 0.600. The normalized spacial score (nSPS) is 13.4. The predicted octanol–water partition coefficient (Wildman–Crippen LogP) is 3.75. The van der Waals surface area contributed by atoms with Crippen molar-refractivity contribution in [2.45, 2.75) is 45.9 Å². The van der Waals surface area contributed by atoms with E-state index in [1.807, 2.05) is 19.1 Å². The van der Waals surface area contributed by atoms with Crippen LogP contribution in [0.15, 0.2) is 22.7 Å². The van der Waals surface area contributed by atoms with Gasteiger partial charge in [-0.15, -0.1) is 0 Å². The first-order valence-electron chi connectivity index (χ1n) is 6.51. The first-order valence-corrected chi connectivity index (χ1v) is 7.30. The number of rotatable bonds is 6. The molecule has 4 heteroatoms. The molecule has 1 rings (SSSR count). The van der Waals surface area contributed by atoms with Gasteiger partial charge in [-0.1, -0.05) is 15.9 Å². The Morgan fingerprint density at radius 3 is 2.58 bits per heavy atom. The molecule has 0 fully saturated rings. The molecule has 1 atom stereocenters. The van der Waals surface area contributed by atoms with E-state index in [-0.39, 0.29) is 11.6 Å². The molecule has 1 N–H and O–H groups in total. The van der Waals surface area contributed by atoms with E-state index in [1.54, 1.807) is 7.11 Å². The molecule has 0 amide bonds. The van der Waals surface area contributed by atoms with E-state index in [1.165, 1.54) is 5.56 Å². The monoisotopic (exact) mass is 329 g/mol. The highest BCUT2D eigenvalue weighted by atomic mass is 79.9. The lowest BCUT2D eigenvalue weighted by Crippen LogP contribution is -2.35. The van der Waals surface area contributed by atoms with Crippen LogP contribution in [0.25, 0.3) is 0 Å². The van der Waals surface area contributed by atoms with Crippen molar-refractivity contribution in [3.8, 4) is 5.75 Å². The molecule has 3 nitrogen and oxygen atoms in total. The molecule has 1 aromatic carbocycles. The number of halogens is 1. The van der Waals surface area contributed by atoms with Gasteiger partial charge in [0.15, 0.2) is 0 Å². The summed E-state index contributed by atoms with van der Waals surface area (Å²) in [5, 5.41) is 3.47. The summed E-state index contributed by atoms with van der Waals surface area (Å²) >= 11 is 3.57. The van der Waals surface area contributed by atoms with Crippen LogP contribution in [-0.2, 0) is 11.3 Å². The summed E-state index contributed by atoms with van der Waals surface area (Å²) in [4.78, 5) is 0. The minimum Gasteiger partial charge on any atom is -0.488 e. The van der Waals surface area contributed by atoms with Gasteiger partial charge in [-0.05, 0) is 51.5 Å². The van der Waals surface area contributed by atoms with E-state index >= 15 is 0 Å². The molecule has 19 heavy (non-hydrogen) atoms. The standard InChI is InChI=1S/C15H24BrNO2/c1-11(10-18-5)19-13-6-7-14(16)12(8-13)9-17-15(2,3)4/h6-8,11,17H,9-10H2,1-5H3. The summed E-state index contributed by atoms with van der Waals surface area (Å²) in [7, 11) is 1.68. The lowest BCUT2D eigenvalue weighted by molar-refractivity contribution is 0.0920. The maximum absolute atomic E-state index is 5.81. The zero-order chi connectivity index (χ0) is 14.5. The largest absolute Gasteiger partial charge is 0.488 e. The van der Waals surface area contributed by atoms with E-state index in [9.17, 15) is 0 Å². The minimum absolute atomic E-state index is 0.0506. The highest BCUT2D eigenvalue weighted by Crippen LogP contribution is 2.24. The summed E-state index contributed by atoms with van der Waals surface area (Å²) in [6.45, 7) is 9.86. The van der Waals surface area contributed by atoms with Crippen molar-refractivity contribution in [2.75, 3.05) is 13.7 Å². The van der Waals surface area contributed by atoms with Gasteiger partial charge in [0.1, 0.15) is 11.9 Å². The number of methoxy groups -OCH3 is 1. The van der Waals surface area contributed by atoms with Crippen LogP contribution >= 0.6 is 15.9 Å². The molecule has 0 spiro atoms. The number of hydrogen-bond donors (Lipinski definition) is 1. The van der Waals surface area contributed by atoms with Gasteiger partial charge in [0, 0.05) is 23.7 Å². The molecule has 0 aromatic heterocycles. The first-order chi connectivity index (χ1) is 8.81. The molecule has 1 aromatic rings. The van der Waals surface area contributed by atoms with E-state index < -0.39 is 0 Å². The van der Waals surface area contributed by atoms with Crippen LogP contribution in [-0.4, -0.2) is 25.4 Å². The second kappa shape index (κ2) is 7.27. The quantitative estimate of drug-likeness (QED) is 0.862. The van der Waals surface area contributed by atoms with Gasteiger partial charge in [-0.25, -0.2) is 0 Å². The van der Waals surface area contributed by atoms with Gasteiger partial charge in [-0.3, -0.25) is 0 Å². The second-order valence-corrected chi connectivity index (χ2v) is 6.59. The first kappa shape index (κ1) is 16.5. The third-order valence-corrected chi connectivity index (χ3v) is 3.34. The molecule has 0 radical (unpaired) electrons. The number of ether oxygens (including phenoxy) is 2. The van der Waals surface area contributed by atoms with Crippen molar-refractivity contribution in [3.05, 3.63) is 28.2 Å². The van der Waals surface area contributed by atoms with Gasteiger partial charge in [0.2, 0.25) is 0 Å². The molecule has 0 aliphatic rings. The van der Waals surface area contributed by atoms with Crippen molar-refractivity contribution in [1.82, 2.24) is 5.32 Å². The zero-order valence-electron chi connectivity index (χ0n) is 12.4. The number of hydrogen-bond acceptors (Lipinski definition) is 3. The van der Waals surface area contributed by atoms with Gasteiger partial charge in [0.25, 0.3) is 0 Å². The topological polar surface area (TPSA) is 30.5 Å². The Kier molecular flexibility index (Phi) is 6.30. The smallest absolute Gasteiger partial charge is 0.120 e. The van der Waals surface area contributed by atoms with E-state index in [0.717, 1.165) is 16.8 Å². The van der Waals surface area contributed by atoms with Crippen LogP contribution in [0, 0.1) is 0 Å². The molecular weight excluding hydrogens is 306 g/mol. The molecule has 108 valence electrons. The molecular formula is C15H24BrNO2. The van der Waals surface area contributed by atoms with Gasteiger partial charge in [-0.2, -0.15) is 0 Å². The molecule has 0 bridgehead atoms. The average Bonchev–Trinajstić information content (AvgIpc) is 2.29. The summed E-state index contributed by atoms with van der Waals surface area (Å²) in [6, 6.07) is 6.06.